The molecule has 17 heavy (non-hydrogen) atoms. The molecule has 0 saturated heterocycles. The van der Waals surface area contributed by atoms with Crippen molar-refractivity contribution in [3.63, 3.8) is 0 Å². The molecular formula is C11H12Cl2N4. The fourth-order valence-electron chi connectivity index (χ4n) is 1.49. The average Bonchev–Trinajstić information content (AvgIpc) is 2.74. The van der Waals surface area contributed by atoms with Crippen LogP contribution in [0.1, 0.15) is 12.6 Å². The van der Waals surface area contributed by atoms with Gasteiger partial charge in [-0.1, -0.05) is 35.3 Å². The van der Waals surface area contributed by atoms with E-state index in [-0.39, 0.29) is 0 Å². The molecular weight excluding hydrogens is 259 g/mol. The van der Waals surface area contributed by atoms with E-state index in [0.717, 1.165) is 17.9 Å². The Labute approximate surface area is 110 Å². The van der Waals surface area contributed by atoms with E-state index in [1.807, 2.05) is 13.0 Å². The number of hydrogen-bond acceptors (Lipinski definition) is 3. The molecule has 2 aromatic rings. The zero-order chi connectivity index (χ0) is 12.3. The van der Waals surface area contributed by atoms with Gasteiger partial charge < -0.3 is 5.32 Å². The van der Waals surface area contributed by atoms with Crippen molar-refractivity contribution in [2.24, 2.45) is 0 Å². The number of aromatic nitrogens is 3. The fraction of sp³-hybridized carbons (Fsp3) is 0.273. The smallest absolute Gasteiger partial charge is 0.0854 e. The molecule has 0 bridgehead atoms. The zero-order valence-corrected chi connectivity index (χ0v) is 10.8. The lowest BCUT2D eigenvalue weighted by Gasteiger charge is -2.08. The fourth-order valence-corrected chi connectivity index (χ4v) is 1.97. The van der Waals surface area contributed by atoms with Crippen LogP contribution < -0.4 is 5.32 Å². The molecule has 0 atom stereocenters. The van der Waals surface area contributed by atoms with E-state index in [1.54, 1.807) is 23.0 Å². The van der Waals surface area contributed by atoms with Gasteiger partial charge in [0.15, 0.2) is 0 Å². The first kappa shape index (κ1) is 12.4. The molecule has 0 amide bonds. The molecule has 1 heterocycles. The first-order chi connectivity index (χ1) is 8.22. The van der Waals surface area contributed by atoms with Crippen LogP contribution in [0.15, 0.2) is 24.4 Å². The summed E-state index contributed by atoms with van der Waals surface area (Å²) in [4.78, 5) is 0. The summed E-state index contributed by atoms with van der Waals surface area (Å²) >= 11 is 12.0. The Kier molecular flexibility index (Phi) is 3.99. The third kappa shape index (κ3) is 2.77. The molecule has 0 fully saturated rings. The van der Waals surface area contributed by atoms with Crippen LogP contribution in [-0.4, -0.2) is 21.5 Å². The van der Waals surface area contributed by atoms with Crippen molar-refractivity contribution in [2.45, 2.75) is 13.5 Å². The molecule has 2 rings (SSSR count). The van der Waals surface area contributed by atoms with E-state index in [4.69, 9.17) is 23.2 Å². The summed E-state index contributed by atoms with van der Waals surface area (Å²) in [5.74, 6) is 0. The Balaban J connectivity index is 2.35. The molecule has 0 aliphatic rings. The second-order valence-electron chi connectivity index (χ2n) is 3.51. The Bertz CT molecular complexity index is 510. The number of rotatable bonds is 4. The average molecular weight is 271 g/mol. The van der Waals surface area contributed by atoms with Crippen LogP contribution in [-0.2, 0) is 6.54 Å². The predicted octanol–water partition coefficient (Wildman–Crippen LogP) is 2.68. The normalized spacial score (nSPS) is 10.8. The topological polar surface area (TPSA) is 42.7 Å². The van der Waals surface area contributed by atoms with Crippen molar-refractivity contribution in [1.29, 1.82) is 0 Å². The zero-order valence-electron chi connectivity index (χ0n) is 9.32. The molecule has 0 saturated carbocycles. The van der Waals surface area contributed by atoms with Crippen LogP contribution in [0.2, 0.25) is 10.0 Å². The van der Waals surface area contributed by atoms with Gasteiger partial charge in [-0.25, -0.2) is 4.68 Å². The van der Waals surface area contributed by atoms with E-state index < -0.39 is 0 Å². The van der Waals surface area contributed by atoms with Gasteiger partial charge in [-0.15, -0.1) is 5.10 Å². The van der Waals surface area contributed by atoms with Crippen LogP contribution in [0.25, 0.3) is 5.69 Å². The van der Waals surface area contributed by atoms with E-state index >= 15 is 0 Å². The van der Waals surface area contributed by atoms with Gasteiger partial charge in [0.05, 0.1) is 22.6 Å². The molecule has 90 valence electrons. The first-order valence-corrected chi connectivity index (χ1v) is 6.03. The molecule has 0 unspecified atom stereocenters. The monoisotopic (exact) mass is 270 g/mol. The lowest BCUT2D eigenvalue weighted by Crippen LogP contribution is -2.15. The molecule has 0 radical (unpaired) electrons. The minimum Gasteiger partial charge on any atom is -0.311 e. The van der Waals surface area contributed by atoms with Crippen LogP contribution >= 0.6 is 23.2 Å². The molecule has 1 N–H and O–H groups in total. The minimum absolute atomic E-state index is 0.556. The predicted molar refractivity (Wildman–Crippen MR) is 68.8 cm³/mol. The van der Waals surface area contributed by atoms with Crippen LogP contribution in [0, 0.1) is 0 Å². The van der Waals surface area contributed by atoms with Gasteiger partial charge in [0.2, 0.25) is 0 Å². The Hall–Kier alpha value is -1.10. The highest BCUT2D eigenvalue weighted by Gasteiger charge is 2.09. The van der Waals surface area contributed by atoms with Crippen molar-refractivity contribution in [3.05, 3.63) is 40.1 Å². The summed E-state index contributed by atoms with van der Waals surface area (Å²) in [6.45, 7) is 3.63. The summed E-state index contributed by atoms with van der Waals surface area (Å²) in [5.41, 5.74) is 1.73. The van der Waals surface area contributed by atoms with Gasteiger partial charge in [-0.05, 0) is 24.7 Å². The van der Waals surface area contributed by atoms with Crippen LogP contribution in [0.3, 0.4) is 0 Å². The first-order valence-electron chi connectivity index (χ1n) is 5.28. The van der Waals surface area contributed by atoms with Gasteiger partial charge in [-0.2, -0.15) is 0 Å². The minimum atomic E-state index is 0.556. The molecule has 4 nitrogen and oxygen atoms in total. The molecule has 0 spiro atoms. The number of halogens is 2. The Morgan fingerprint density at radius 3 is 2.88 bits per heavy atom. The summed E-state index contributed by atoms with van der Waals surface area (Å²) in [7, 11) is 0. The maximum absolute atomic E-state index is 6.13. The van der Waals surface area contributed by atoms with Crippen molar-refractivity contribution < 1.29 is 0 Å². The quantitative estimate of drug-likeness (QED) is 0.929. The summed E-state index contributed by atoms with van der Waals surface area (Å²) in [6.07, 6.45) is 1.72. The van der Waals surface area contributed by atoms with Crippen LogP contribution in [0.5, 0.6) is 0 Å². The maximum Gasteiger partial charge on any atom is 0.0854 e. The molecule has 1 aromatic carbocycles. The van der Waals surface area contributed by atoms with Crippen molar-refractivity contribution in [3.8, 4) is 5.69 Å². The summed E-state index contributed by atoms with van der Waals surface area (Å²) in [5, 5.41) is 12.3. The van der Waals surface area contributed by atoms with E-state index in [9.17, 15) is 0 Å². The second kappa shape index (κ2) is 5.49. The Morgan fingerprint density at radius 2 is 2.18 bits per heavy atom. The van der Waals surface area contributed by atoms with Gasteiger partial charge in [-0.3, -0.25) is 0 Å². The van der Waals surface area contributed by atoms with E-state index in [0.29, 0.717) is 16.6 Å². The number of nitrogens with one attached hydrogen (secondary N) is 1. The van der Waals surface area contributed by atoms with E-state index in [1.165, 1.54) is 0 Å². The Morgan fingerprint density at radius 1 is 1.35 bits per heavy atom. The molecule has 0 aliphatic carbocycles. The van der Waals surface area contributed by atoms with E-state index in [2.05, 4.69) is 15.6 Å². The number of benzene rings is 1. The van der Waals surface area contributed by atoms with Gasteiger partial charge >= 0.3 is 0 Å². The van der Waals surface area contributed by atoms with Gasteiger partial charge in [0, 0.05) is 11.6 Å². The molecule has 6 heteroatoms. The van der Waals surface area contributed by atoms with Crippen molar-refractivity contribution >= 4 is 23.2 Å². The van der Waals surface area contributed by atoms with Gasteiger partial charge in [0.1, 0.15) is 0 Å². The SMILES string of the molecule is CCNCc1cnnn1-c1ccc(Cl)cc1Cl. The summed E-state index contributed by atoms with van der Waals surface area (Å²) < 4.78 is 1.71. The van der Waals surface area contributed by atoms with Crippen LogP contribution in [0.4, 0.5) is 0 Å². The standard InChI is InChI=1S/C11H12Cl2N4/c1-2-14-6-9-7-15-16-17(9)11-4-3-8(12)5-10(11)13/h3-5,7,14H,2,6H2,1H3. The van der Waals surface area contributed by atoms with Crippen molar-refractivity contribution in [1.82, 2.24) is 20.3 Å². The van der Waals surface area contributed by atoms with Gasteiger partial charge in [0.25, 0.3) is 0 Å². The number of hydrogen-bond donors (Lipinski definition) is 1. The highest BCUT2D eigenvalue weighted by atomic mass is 35.5. The highest BCUT2D eigenvalue weighted by molar-refractivity contribution is 6.35. The highest BCUT2D eigenvalue weighted by Crippen LogP contribution is 2.24. The number of nitrogens with zero attached hydrogens (tertiary/aromatic N) is 3. The second-order valence-corrected chi connectivity index (χ2v) is 4.36. The lowest BCUT2D eigenvalue weighted by molar-refractivity contribution is 0.672. The van der Waals surface area contributed by atoms with Crippen molar-refractivity contribution in [2.75, 3.05) is 6.54 Å². The maximum atomic E-state index is 6.13. The third-order valence-corrected chi connectivity index (χ3v) is 2.85. The molecule has 0 aliphatic heterocycles. The third-order valence-electron chi connectivity index (χ3n) is 2.31. The lowest BCUT2D eigenvalue weighted by atomic mass is 10.3. The summed E-state index contributed by atoms with van der Waals surface area (Å²) in [6, 6.07) is 5.30. The molecule has 1 aromatic heterocycles. The largest absolute Gasteiger partial charge is 0.311 e.